The van der Waals surface area contributed by atoms with Gasteiger partial charge in [-0.1, -0.05) is 36.4 Å². The van der Waals surface area contributed by atoms with Gasteiger partial charge in [-0.25, -0.2) is 4.79 Å². The number of pyridine rings is 1. The number of esters is 1. The second-order valence-corrected chi connectivity index (χ2v) is 7.24. The number of methoxy groups -OCH3 is 1. The van der Waals surface area contributed by atoms with Crippen molar-refractivity contribution in [2.75, 3.05) is 7.11 Å². The maximum Gasteiger partial charge on any atom is 0.343 e. The molecule has 1 aliphatic rings. The van der Waals surface area contributed by atoms with Crippen molar-refractivity contribution in [3.8, 4) is 22.8 Å². The molecule has 5 nitrogen and oxygen atoms in total. The zero-order valence-electron chi connectivity index (χ0n) is 16.4. The van der Waals surface area contributed by atoms with Gasteiger partial charge >= 0.3 is 5.97 Å². The van der Waals surface area contributed by atoms with E-state index in [-0.39, 0.29) is 5.56 Å². The molecule has 2 heterocycles. The summed E-state index contributed by atoms with van der Waals surface area (Å²) in [5.41, 5.74) is 3.20. The lowest BCUT2D eigenvalue weighted by atomic mass is 9.95. The third kappa shape index (κ3) is 2.95. The van der Waals surface area contributed by atoms with Gasteiger partial charge in [-0.3, -0.25) is 4.79 Å². The van der Waals surface area contributed by atoms with Crippen LogP contribution < -0.4 is 15.0 Å². The number of carbonyl (C=O) groups is 1. The first-order valence-corrected chi connectivity index (χ1v) is 9.77. The molecule has 0 amide bonds. The van der Waals surface area contributed by atoms with Gasteiger partial charge in [-0.05, 0) is 53.8 Å². The smallest absolute Gasteiger partial charge is 0.343 e. The Morgan fingerprint density at radius 1 is 0.933 bits per heavy atom. The van der Waals surface area contributed by atoms with E-state index in [9.17, 15) is 9.59 Å². The van der Waals surface area contributed by atoms with E-state index < -0.39 is 5.97 Å². The van der Waals surface area contributed by atoms with Crippen LogP contribution >= 0.6 is 0 Å². The van der Waals surface area contributed by atoms with E-state index in [1.807, 2.05) is 42.5 Å². The molecule has 0 N–H and O–H groups in total. The van der Waals surface area contributed by atoms with E-state index in [0.717, 1.165) is 22.2 Å². The molecule has 0 unspecified atom stereocenters. The van der Waals surface area contributed by atoms with Gasteiger partial charge in [-0.2, -0.15) is 0 Å². The highest BCUT2D eigenvalue weighted by Crippen LogP contribution is 2.39. The summed E-state index contributed by atoms with van der Waals surface area (Å²) in [6.07, 6.45) is 0.698. The van der Waals surface area contributed by atoms with Gasteiger partial charge in [0.1, 0.15) is 0 Å². The molecule has 0 bridgehead atoms. The van der Waals surface area contributed by atoms with Crippen molar-refractivity contribution in [3.05, 3.63) is 94.3 Å². The van der Waals surface area contributed by atoms with Crippen molar-refractivity contribution < 1.29 is 14.3 Å². The maximum absolute atomic E-state index is 13.0. The van der Waals surface area contributed by atoms with E-state index in [4.69, 9.17) is 9.47 Å². The Morgan fingerprint density at radius 3 is 2.50 bits per heavy atom. The molecular formula is C25H19NO4. The fraction of sp³-hybridized carbons (Fsp3) is 0.120. The van der Waals surface area contributed by atoms with Crippen molar-refractivity contribution in [1.29, 1.82) is 0 Å². The number of ether oxygens (including phenoxy) is 2. The van der Waals surface area contributed by atoms with Gasteiger partial charge in [0.15, 0.2) is 11.5 Å². The largest absolute Gasteiger partial charge is 0.493 e. The number of carbonyl (C=O) groups excluding carboxylic acids is 1. The van der Waals surface area contributed by atoms with E-state index in [1.54, 1.807) is 42.0 Å². The molecule has 0 atom stereocenters. The second-order valence-electron chi connectivity index (χ2n) is 7.24. The first-order chi connectivity index (χ1) is 14.7. The topological polar surface area (TPSA) is 57.5 Å². The number of benzene rings is 3. The standard InChI is InChI=1S/C25H19NO4/c1-29-22-14-18-11-12-26-21(13-17-9-5-6-10-19(17)24(26)27)20(18)15-23(22)30-25(28)16-7-3-2-4-8-16/h2-10,13-15H,11-12H2,1H3. The predicted molar refractivity (Wildman–Crippen MR) is 115 cm³/mol. The first-order valence-electron chi connectivity index (χ1n) is 9.77. The SMILES string of the molecule is COc1cc2c(cc1OC(=O)c1ccccc1)-c1cc3ccccc3c(=O)n1CC2. The van der Waals surface area contributed by atoms with Gasteiger partial charge < -0.3 is 14.0 Å². The van der Waals surface area contributed by atoms with Crippen molar-refractivity contribution in [3.63, 3.8) is 0 Å². The summed E-state index contributed by atoms with van der Waals surface area (Å²) < 4.78 is 12.9. The summed E-state index contributed by atoms with van der Waals surface area (Å²) in [5.74, 6) is 0.370. The average Bonchev–Trinajstić information content (AvgIpc) is 2.79. The van der Waals surface area contributed by atoms with Crippen LogP contribution in [0, 0.1) is 0 Å². The Kier molecular flexibility index (Phi) is 4.36. The average molecular weight is 397 g/mol. The minimum absolute atomic E-state index is 0.00704. The van der Waals surface area contributed by atoms with Crippen LogP contribution in [0.3, 0.4) is 0 Å². The van der Waals surface area contributed by atoms with Crippen molar-refractivity contribution in [2.45, 2.75) is 13.0 Å². The Balaban J connectivity index is 1.65. The van der Waals surface area contributed by atoms with Crippen LogP contribution in [-0.4, -0.2) is 17.6 Å². The summed E-state index contributed by atoms with van der Waals surface area (Å²) in [7, 11) is 1.55. The molecule has 0 aliphatic carbocycles. The van der Waals surface area contributed by atoms with Crippen molar-refractivity contribution in [2.24, 2.45) is 0 Å². The van der Waals surface area contributed by atoms with Crippen LogP contribution in [0.4, 0.5) is 0 Å². The molecule has 3 aromatic carbocycles. The summed E-state index contributed by atoms with van der Waals surface area (Å²) in [4.78, 5) is 25.6. The molecular weight excluding hydrogens is 378 g/mol. The quantitative estimate of drug-likeness (QED) is 0.379. The number of aromatic nitrogens is 1. The third-order valence-corrected chi connectivity index (χ3v) is 5.50. The van der Waals surface area contributed by atoms with Gasteiger partial charge in [0.2, 0.25) is 0 Å². The van der Waals surface area contributed by atoms with Gasteiger partial charge in [0.05, 0.1) is 18.4 Å². The molecule has 0 spiro atoms. The van der Waals surface area contributed by atoms with E-state index in [2.05, 4.69) is 0 Å². The Hall–Kier alpha value is -3.86. The van der Waals surface area contributed by atoms with Crippen LogP contribution in [0.2, 0.25) is 0 Å². The summed E-state index contributed by atoms with van der Waals surface area (Å²) in [6.45, 7) is 0.596. The summed E-state index contributed by atoms with van der Waals surface area (Å²) in [5, 5.41) is 1.59. The van der Waals surface area contributed by atoms with Gasteiger partial charge in [0, 0.05) is 17.5 Å². The minimum Gasteiger partial charge on any atom is -0.493 e. The number of hydrogen-bond donors (Lipinski definition) is 0. The summed E-state index contributed by atoms with van der Waals surface area (Å²) in [6, 6.07) is 22.1. The molecule has 30 heavy (non-hydrogen) atoms. The van der Waals surface area contributed by atoms with Gasteiger partial charge in [0.25, 0.3) is 5.56 Å². The van der Waals surface area contributed by atoms with Crippen LogP contribution in [-0.2, 0) is 13.0 Å². The lowest BCUT2D eigenvalue weighted by molar-refractivity contribution is 0.0729. The van der Waals surface area contributed by atoms with Crippen LogP contribution in [0.15, 0.2) is 77.6 Å². The number of rotatable bonds is 3. The molecule has 5 heteroatoms. The maximum atomic E-state index is 13.0. The predicted octanol–water partition coefficient (Wildman–Crippen LogP) is 4.45. The lowest BCUT2D eigenvalue weighted by Crippen LogP contribution is -2.26. The zero-order valence-corrected chi connectivity index (χ0v) is 16.4. The van der Waals surface area contributed by atoms with E-state index in [0.29, 0.717) is 35.4 Å². The molecule has 0 radical (unpaired) electrons. The summed E-state index contributed by atoms with van der Waals surface area (Å²) >= 11 is 0. The molecule has 148 valence electrons. The molecule has 0 fully saturated rings. The van der Waals surface area contributed by atoms with E-state index >= 15 is 0 Å². The fourth-order valence-corrected chi connectivity index (χ4v) is 3.99. The van der Waals surface area contributed by atoms with Crippen molar-refractivity contribution >= 4 is 16.7 Å². The number of aryl methyl sites for hydroxylation is 1. The number of hydrogen-bond acceptors (Lipinski definition) is 4. The number of fused-ring (bicyclic) bond motifs is 4. The molecule has 1 aliphatic heterocycles. The molecule has 0 saturated carbocycles. The highest BCUT2D eigenvalue weighted by molar-refractivity contribution is 5.92. The molecule has 1 aromatic heterocycles. The number of nitrogens with zero attached hydrogens (tertiary/aromatic N) is 1. The fourth-order valence-electron chi connectivity index (χ4n) is 3.99. The Morgan fingerprint density at radius 2 is 1.70 bits per heavy atom. The Labute approximate surface area is 173 Å². The van der Waals surface area contributed by atoms with Gasteiger partial charge in [-0.15, -0.1) is 0 Å². The molecule has 5 rings (SSSR count). The first kappa shape index (κ1) is 18.2. The van der Waals surface area contributed by atoms with Crippen LogP contribution in [0.5, 0.6) is 11.5 Å². The lowest BCUT2D eigenvalue weighted by Gasteiger charge is -2.24. The van der Waals surface area contributed by atoms with Crippen molar-refractivity contribution in [1.82, 2.24) is 4.57 Å². The zero-order chi connectivity index (χ0) is 20.7. The third-order valence-electron chi connectivity index (χ3n) is 5.50. The second kappa shape index (κ2) is 7.19. The molecule has 0 saturated heterocycles. The van der Waals surface area contributed by atoms with Crippen LogP contribution in [0.25, 0.3) is 22.0 Å². The minimum atomic E-state index is -0.458. The molecule has 4 aromatic rings. The Bertz CT molecular complexity index is 1340. The highest BCUT2D eigenvalue weighted by Gasteiger charge is 2.23. The normalized spacial score (nSPS) is 12.2. The van der Waals surface area contributed by atoms with Crippen LogP contribution in [0.1, 0.15) is 15.9 Å². The monoisotopic (exact) mass is 397 g/mol. The highest BCUT2D eigenvalue weighted by atomic mass is 16.6. The van der Waals surface area contributed by atoms with E-state index in [1.165, 1.54) is 0 Å².